The summed E-state index contributed by atoms with van der Waals surface area (Å²) < 4.78 is 7.62. The Balaban J connectivity index is 1.97. The van der Waals surface area contributed by atoms with Crippen LogP contribution in [0.5, 0.6) is 0 Å². The van der Waals surface area contributed by atoms with Crippen molar-refractivity contribution < 1.29 is 9.53 Å². The lowest BCUT2D eigenvalue weighted by Crippen LogP contribution is -2.28. The number of hydrogen-bond acceptors (Lipinski definition) is 2. The molecule has 0 saturated carbocycles. The van der Waals surface area contributed by atoms with E-state index in [1.54, 1.807) is 0 Å². The molecule has 0 radical (unpaired) electrons. The van der Waals surface area contributed by atoms with Gasteiger partial charge < -0.3 is 14.6 Å². The van der Waals surface area contributed by atoms with Gasteiger partial charge in [-0.3, -0.25) is 4.79 Å². The van der Waals surface area contributed by atoms with Gasteiger partial charge in [-0.1, -0.05) is 31.5 Å². The fourth-order valence-corrected chi connectivity index (χ4v) is 2.91. The van der Waals surface area contributed by atoms with Gasteiger partial charge in [0, 0.05) is 37.2 Å². The molecule has 0 aliphatic rings. The summed E-state index contributed by atoms with van der Waals surface area (Å²) in [6.45, 7) is 9.21. The standard InChI is InChI=1S/C19H28N2O2/c1-4-6-13-23-14-9-12-20-19(22)18-15(3)16-10-7-8-11-17(16)21(18)5-2/h7-8,10-11H,4-6,9,12-14H2,1-3H3,(H,20,22). The van der Waals surface area contributed by atoms with Crippen LogP contribution in [0.3, 0.4) is 0 Å². The van der Waals surface area contributed by atoms with E-state index < -0.39 is 0 Å². The summed E-state index contributed by atoms with van der Waals surface area (Å²) in [6.07, 6.45) is 3.10. The largest absolute Gasteiger partial charge is 0.381 e. The van der Waals surface area contributed by atoms with Crippen LogP contribution in [0.25, 0.3) is 10.9 Å². The number of carbonyl (C=O) groups is 1. The van der Waals surface area contributed by atoms with Crippen LogP contribution in [-0.2, 0) is 11.3 Å². The summed E-state index contributed by atoms with van der Waals surface area (Å²) in [7, 11) is 0. The Labute approximate surface area is 138 Å². The topological polar surface area (TPSA) is 43.3 Å². The molecule has 1 heterocycles. The molecule has 0 bridgehead atoms. The maximum Gasteiger partial charge on any atom is 0.268 e. The van der Waals surface area contributed by atoms with Gasteiger partial charge in [0.1, 0.15) is 5.69 Å². The minimum absolute atomic E-state index is 0.00843. The number of benzene rings is 1. The molecule has 1 amide bonds. The molecule has 1 aromatic heterocycles. The Morgan fingerprint density at radius 2 is 1.91 bits per heavy atom. The summed E-state index contributed by atoms with van der Waals surface area (Å²) in [4.78, 5) is 12.6. The number of aromatic nitrogens is 1. The van der Waals surface area contributed by atoms with Gasteiger partial charge in [0.2, 0.25) is 0 Å². The molecular weight excluding hydrogens is 288 g/mol. The SMILES string of the molecule is CCCCOCCCNC(=O)c1c(C)c2ccccc2n1CC. The molecule has 23 heavy (non-hydrogen) atoms. The highest BCUT2D eigenvalue weighted by Gasteiger charge is 2.18. The van der Waals surface area contributed by atoms with Crippen molar-refractivity contribution in [2.75, 3.05) is 19.8 Å². The molecular formula is C19H28N2O2. The lowest BCUT2D eigenvalue weighted by atomic mass is 10.1. The van der Waals surface area contributed by atoms with Crippen LogP contribution in [0.4, 0.5) is 0 Å². The van der Waals surface area contributed by atoms with Crippen molar-refractivity contribution in [2.45, 2.75) is 46.6 Å². The highest BCUT2D eigenvalue weighted by Crippen LogP contribution is 2.25. The Morgan fingerprint density at radius 3 is 2.65 bits per heavy atom. The Kier molecular flexibility index (Phi) is 6.66. The molecule has 0 spiro atoms. The number of nitrogens with zero attached hydrogens (tertiary/aromatic N) is 1. The van der Waals surface area contributed by atoms with E-state index in [0.29, 0.717) is 13.2 Å². The number of nitrogens with one attached hydrogen (secondary N) is 1. The third kappa shape index (κ3) is 4.14. The minimum atomic E-state index is 0.00843. The van der Waals surface area contributed by atoms with Gasteiger partial charge in [-0.2, -0.15) is 0 Å². The van der Waals surface area contributed by atoms with E-state index in [-0.39, 0.29) is 5.91 Å². The first-order chi connectivity index (χ1) is 11.2. The molecule has 2 rings (SSSR count). The van der Waals surface area contributed by atoms with E-state index in [1.165, 1.54) is 0 Å². The number of unbranched alkanes of at least 4 members (excludes halogenated alkanes) is 1. The minimum Gasteiger partial charge on any atom is -0.381 e. The number of hydrogen-bond donors (Lipinski definition) is 1. The average molecular weight is 316 g/mol. The number of rotatable bonds is 9. The van der Waals surface area contributed by atoms with E-state index in [4.69, 9.17) is 4.74 Å². The van der Waals surface area contributed by atoms with Crippen molar-refractivity contribution in [1.29, 1.82) is 0 Å². The lowest BCUT2D eigenvalue weighted by Gasteiger charge is -2.10. The average Bonchev–Trinajstić information content (AvgIpc) is 2.86. The predicted molar refractivity (Wildman–Crippen MR) is 95.0 cm³/mol. The molecule has 1 N–H and O–H groups in total. The Bertz CT molecular complexity index is 646. The number of fused-ring (bicyclic) bond motifs is 1. The first-order valence-corrected chi connectivity index (χ1v) is 8.64. The summed E-state index contributed by atoms with van der Waals surface area (Å²) >= 11 is 0. The highest BCUT2D eigenvalue weighted by molar-refractivity contribution is 6.01. The zero-order valence-electron chi connectivity index (χ0n) is 14.5. The van der Waals surface area contributed by atoms with Gasteiger partial charge in [0.15, 0.2) is 0 Å². The Morgan fingerprint density at radius 1 is 1.17 bits per heavy atom. The third-order valence-electron chi connectivity index (χ3n) is 4.15. The summed E-state index contributed by atoms with van der Waals surface area (Å²) in [5.74, 6) is 0.00843. The van der Waals surface area contributed by atoms with Crippen molar-refractivity contribution in [2.24, 2.45) is 0 Å². The van der Waals surface area contributed by atoms with Crippen molar-refractivity contribution in [3.8, 4) is 0 Å². The molecule has 0 aliphatic carbocycles. The molecule has 0 unspecified atom stereocenters. The van der Waals surface area contributed by atoms with E-state index >= 15 is 0 Å². The number of ether oxygens (including phenoxy) is 1. The zero-order chi connectivity index (χ0) is 16.7. The maximum atomic E-state index is 12.6. The second-order valence-electron chi connectivity index (χ2n) is 5.81. The lowest BCUT2D eigenvalue weighted by molar-refractivity contribution is 0.0931. The van der Waals surface area contributed by atoms with Gasteiger partial charge in [-0.05, 0) is 38.3 Å². The third-order valence-corrected chi connectivity index (χ3v) is 4.15. The molecule has 4 nitrogen and oxygen atoms in total. The van der Waals surface area contributed by atoms with Crippen molar-refractivity contribution in [1.82, 2.24) is 9.88 Å². The number of carbonyl (C=O) groups excluding carboxylic acids is 1. The van der Waals surface area contributed by atoms with Crippen LogP contribution < -0.4 is 5.32 Å². The fourth-order valence-electron chi connectivity index (χ4n) is 2.91. The highest BCUT2D eigenvalue weighted by atomic mass is 16.5. The first kappa shape index (κ1) is 17.5. The van der Waals surface area contributed by atoms with Crippen LogP contribution in [-0.4, -0.2) is 30.2 Å². The molecule has 0 saturated heterocycles. The molecule has 0 aliphatic heterocycles. The van der Waals surface area contributed by atoms with Crippen LogP contribution in [0.2, 0.25) is 0 Å². The molecule has 1 aromatic carbocycles. The van der Waals surface area contributed by atoms with Gasteiger partial charge in [-0.25, -0.2) is 0 Å². The van der Waals surface area contributed by atoms with E-state index in [1.807, 2.05) is 19.1 Å². The Hall–Kier alpha value is -1.81. The summed E-state index contributed by atoms with van der Waals surface area (Å²) in [6, 6.07) is 8.19. The fraction of sp³-hybridized carbons (Fsp3) is 0.526. The molecule has 0 atom stereocenters. The van der Waals surface area contributed by atoms with Gasteiger partial charge in [0.05, 0.1) is 0 Å². The van der Waals surface area contributed by atoms with Crippen LogP contribution in [0, 0.1) is 6.92 Å². The first-order valence-electron chi connectivity index (χ1n) is 8.64. The van der Waals surface area contributed by atoms with Crippen LogP contribution in [0.1, 0.15) is 49.2 Å². The van der Waals surface area contributed by atoms with Crippen molar-refractivity contribution in [3.63, 3.8) is 0 Å². The van der Waals surface area contributed by atoms with Crippen molar-refractivity contribution in [3.05, 3.63) is 35.5 Å². The second kappa shape index (κ2) is 8.73. The second-order valence-corrected chi connectivity index (χ2v) is 5.81. The monoisotopic (exact) mass is 316 g/mol. The smallest absolute Gasteiger partial charge is 0.268 e. The normalized spacial score (nSPS) is 11.1. The molecule has 2 aromatic rings. The number of para-hydroxylation sites is 1. The van der Waals surface area contributed by atoms with Gasteiger partial charge >= 0.3 is 0 Å². The van der Waals surface area contributed by atoms with E-state index in [9.17, 15) is 4.79 Å². The molecule has 4 heteroatoms. The maximum absolute atomic E-state index is 12.6. The van der Waals surface area contributed by atoms with Crippen LogP contribution in [0.15, 0.2) is 24.3 Å². The number of aryl methyl sites for hydroxylation is 2. The molecule has 126 valence electrons. The predicted octanol–water partition coefficient (Wildman–Crippen LogP) is 3.91. The molecule has 0 fully saturated rings. The number of amides is 1. The van der Waals surface area contributed by atoms with Crippen molar-refractivity contribution >= 4 is 16.8 Å². The van der Waals surface area contributed by atoms with E-state index in [0.717, 1.165) is 54.6 Å². The quantitative estimate of drug-likeness (QED) is 0.713. The zero-order valence-corrected chi connectivity index (χ0v) is 14.5. The summed E-state index contributed by atoms with van der Waals surface area (Å²) in [5.41, 5.74) is 2.96. The van der Waals surface area contributed by atoms with Gasteiger partial charge in [-0.15, -0.1) is 0 Å². The van der Waals surface area contributed by atoms with Gasteiger partial charge in [0.25, 0.3) is 5.91 Å². The van der Waals surface area contributed by atoms with E-state index in [2.05, 4.69) is 35.9 Å². The van der Waals surface area contributed by atoms with Crippen LogP contribution >= 0.6 is 0 Å². The summed E-state index contributed by atoms with van der Waals surface area (Å²) in [5, 5.41) is 4.18.